The fourth-order valence-corrected chi connectivity index (χ4v) is 5.36. The van der Waals surface area contributed by atoms with Gasteiger partial charge < -0.3 is 14.8 Å². The molecule has 2 N–H and O–H groups in total. The molecular weight excluding hydrogens is 436 g/mol. The summed E-state index contributed by atoms with van der Waals surface area (Å²) in [6.07, 6.45) is 6.62. The summed E-state index contributed by atoms with van der Waals surface area (Å²) in [6.45, 7) is 7.43. The van der Waals surface area contributed by atoms with E-state index in [1.54, 1.807) is 6.20 Å². The molecule has 33 heavy (non-hydrogen) atoms. The molecule has 2 atom stereocenters. The normalized spacial score (nSPS) is 20.0. The van der Waals surface area contributed by atoms with Crippen molar-refractivity contribution in [3.63, 3.8) is 0 Å². The number of amides is 2. The molecule has 10 heteroatoms. The van der Waals surface area contributed by atoms with E-state index in [9.17, 15) is 10.1 Å². The van der Waals surface area contributed by atoms with Crippen molar-refractivity contribution in [1.29, 1.82) is 5.26 Å². The number of likely N-dealkylation sites (tertiary alicyclic amines) is 1. The Morgan fingerprint density at radius 2 is 2.24 bits per heavy atom. The predicted octanol–water partition coefficient (Wildman–Crippen LogP) is 3.88. The fraction of sp³-hybridized carbons (Fsp3) is 0.435. The summed E-state index contributed by atoms with van der Waals surface area (Å²) in [5.41, 5.74) is 3.35. The summed E-state index contributed by atoms with van der Waals surface area (Å²) < 4.78 is 4.37. The van der Waals surface area contributed by atoms with E-state index in [-0.39, 0.29) is 17.5 Å². The molecule has 2 aliphatic rings. The Bertz CT molecular complexity index is 1290. The lowest BCUT2D eigenvalue weighted by Gasteiger charge is -2.28. The number of hydrogen-bond acceptors (Lipinski definition) is 7. The predicted molar refractivity (Wildman–Crippen MR) is 128 cm³/mol. The lowest BCUT2D eigenvalue weighted by molar-refractivity contribution is 0.220. The molecule has 4 heterocycles. The van der Waals surface area contributed by atoms with Gasteiger partial charge >= 0.3 is 6.03 Å². The minimum Gasteiger partial charge on any atom is -0.366 e. The first kappa shape index (κ1) is 21.4. The summed E-state index contributed by atoms with van der Waals surface area (Å²) in [7, 11) is 2.03. The van der Waals surface area contributed by atoms with Gasteiger partial charge in [0, 0.05) is 66.8 Å². The zero-order valence-electron chi connectivity index (χ0n) is 19.1. The highest BCUT2D eigenvalue weighted by Crippen LogP contribution is 2.38. The van der Waals surface area contributed by atoms with Gasteiger partial charge in [0.1, 0.15) is 17.5 Å². The number of urea groups is 1. The van der Waals surface area contributed by atoms with E-state index in [2.05, 4.69) is 62.5 Å². The minimum absolute atomic E-state index is 0.137. The van der Waals surface area contributed by atoms with Crippen molar-refractivity contribution in [1.82, 2.24) is 24.2 Å². The molecule has 0 bridgehead atoms. The number of likely N-dealkylation sites (N-methyl/N-ethyl adjacent to an activating group) is 1. The SMILES string of the molecule is CN(c1c(C#N)cnc2[nH]ccc12)C1C=C2CN(C(=O)Nc3nc(C(C)(C)C)ns3)CC2C1. The molecule has 0 aromatic carbocycles. The highest BCUT2D eigenvalue weighted by Gasteiger charge is 2.38. The first-order valence-electron chi connectivity index (χ1n) is 10.9. The summed E-state index contributed by atoms with van der Waals surface area (Å²) in [6, 6.07) is 4.27. The number of hydrogen-bond donors (Lipinski definition) is 2. The van der Waals surface area contributed by atoms with Crippen molar-refractivity contribution in [2.75, 3.05) is 30.4 Å². The van der Waals surface area contributed by atoms with Crippen LogP contribution in [-0.2, 0) is 5.41 Å². The van der Waals surface area contributed by atoms with Crippen LogP contribution < -0.4 is 10.2 Å². The Kier molecular flexibility index (Phi) is 5.09. The lowest BCUT2D eigenvalue weighted by Crippen LogP contribution is -2.35. The summed E-state index contributed by atoms with van der Waals surface area (Å²) in [5, 5.41) is 14.0. The number of pyridine rings is 1. The molecule has 5 rings (SSSR count). The number of rotatable bonds is 3. The third-order valence-corrected chi connectivity index (χ3v) is 7.03. The van der Waals surface area contributed by atoms with Gasteiger partial charge in [-0.3, -0.25) is 5.32 Å². The van der Waals surface area contributed by atoms with E-state index in [4.69, 9.17) is 0 Å². The van der Waals surface area contributed by atoms with Crippen molar-refractivity contribution >= 4 is 39.4 Å². The minimum atomic E-state index is -0.151. The Morgan fingerprint density at radius 3 is 2.94 bits per heavy atom. The molecule has 1 aliphatic heterocycles. The molecular formula is C23H26N8OS. The number of aromatic amines is 1. The van der Waals surface area contributed by atoms with Crippen LogP contribution in [0.15, 0.2) is 30.1 Å². The van der Waals surface area contributed by atoms with Crippen LogP contribution in [0.4, 0.5) is 15.6 Å². The lowest BCUT2D eigenvalue weighted by atomic mass is 9.96. The maximum Gasteiger partial charge on any atom is 0.323 e. The molecule has 170 valence electrons. The van der Waals surface area contributed by atoms with Crippen LogP contribution in [0.25, 0.3) is 11.0 Å². The maximum atomic E-state index is 12.8. The van der Waals surface area contributed by atoms with Gasteiger partial charge in [0.2, 0.25) is 5.13 Å². The average molecular weight is 463 g/mol. The summed E-state index contributed by atoms with van der Waals surface area (Å²) >= 11 is 1.22. The smallest absolute Gasteiger partial charge is 0.323 e. The number of aromatic nitrogens is 4. The number of carbonyl (C=O) groups is 1. The first-order valence-corrected chi connectivity index (χ1v) is 11.7. The molecule has 3 aromatic rings. The third kappa shape index (κ3) is 3.82. The largest absolute Gasteiger partial charge is 0.366 e. The highest BCUT2D eigenvalue weighted by molar-refractivity contribution is 7.09. The molecule has 2 amide bonds. The van der Waals surface area contributed by atoms with Gasteiger partial charge in [0.15, 0.2) is 0 Å². The third-order valence-electron chi connectivity index (χ3n) is 6.40. The van der Waals surface area contributed by atoms with Gasteiger partial charge in [0.25, 0.3) is 0 Å². The monoisotopic (exact) mass is 462 g/mol. The molecule has 1 fully saturated rings. The van der Waals surface area contributed by atoms with Gasteiger partial charge in [-0.05, 0) is 18.1 Å². The van der Waals surface area contributed by atoms with E-state index in [0.29, 0.717) is 29.7 Å². The van der Waals surface area contributed by atoms with Crippen molar-refractivity contribution < 1.29 is 4.79 Å². The van der Waals surface area contributed by atoms with Crippen molar-refractivity contribution in [3.05, 3.63) is 41.5 Å². The van der Waals surface area contributed by atoms with Crippen molar-refractivity contribution in [3.8, 4) is 6.07 Å². The topological polar surface area (TPSA) is 114 Å². The average Bonchev–Trinajstić information content (AvgIpc) is 3.54. The first-order chi connectivity index (χ1) is 15.7. The van der Waals surface area contributed by atoms with Crippen molar-refractivity contribution in [2.45, 2.75) is 38.6 Å². The number of nitriles is 1. The molecule has 3 aromatic heterocycles. The van der Waals surface area contributed by atoms with Crippen LogP contribution in [0.2, 0.25) is 0 Å². The van der Waals surface area contributed by atoms with Crippen molar-refractivity contribution in [2.24, 2.45) is 5.92 Å². The number of nitrogens with one attached hydrogen (secondary N) is 2. The van der Waals surface area contributed by atoms with E-state index in [1.807, 2.05) is 24.2 Å². The van der Waals surface area contributed by atoms with Gasteiger partial charge in [-0.2, -0.15) is 9.64 Å². The number of anilines is 2. The maximum absolute atomic E-state index is 12.8. The van der Waals surface area contributed by atoms with Crippen LogP contribution in [0.1, 0.15) is 38.6 Å². The van der Waals surface area contributed by atoms with E-state index in [1.165, 1.54) is 17.1 Å². The second-order valence-electron chi connectivity index (χ2n) is 9.71. The zero-order chi connectivity index (χ0) is 23.3. The number of nitrogens with zero attached hydrogens (tertiary/aromatic N) is 6. The van der Waals surface area contributed by atoms with Crippen LogP contribution in [-0.4, -0.2) is 56.4 Å². The molecule has 0 radical (unpaired) electrons. The van der Waals surface area contributed by atoms with Crippen LogP contribution >= 0.6 is 11.5 Å². The zero-order valence-corrected chi connectivity index (χ0v) is 19.9. The second-order valence-corrected chi connectivity index (χ2v) is 10.5. The number of carbonyl (C=O) groups excluding carboxylic acids is 1. The quantitative estimate of drug-likeness (QED) is 0.571. The molecule has 0 spiro atoms. The molecule has 2 unspecified atom stereocenters. The molecule has 0 saturated carbocycles. The van der Waals surface area contributed by atoms with E-state index < -0.39 is 0 Å². The highest BCUT2D eigenvalue weighted by atomic mass is 32.1. The number of fused-ring (bicyclic) bond motifs is 2. The summed E-state index contributed by atoms with van der Waals surface area (Å²) in [5.74, 6) is 1.05. The Hall–Kier alpha value is -3.45. The Morgan fingerprint density at radius 1 is 1.42 bits per heavy atom. The second kappa shape index (κ2) is 7.85. The van der Waals surface area contributed by atoms with Gasteiger partial charge in [0.05, 0.1) is 11.3 Å². The van der Waals surface area contributed by atoms with Crippen LogP contribution in [0, 0.1) is 17.2 Å². The summed E-state index contributed by atoms with van der Waals surface area (Å²) in [4.78, 5) is 28.7. The molecule has 1 saturated heterocycles. The van der Waals surface area contributed by atoms with Crippen LogP contribution in [0.5, 0.6) is 0 Å². The van der Waals surface area contributed by atoms with Gasteiger partial charge in [-0.25, -0.2) is 14.8 Å². The fourth-order valence-electron chi connectivity index (χ4n) is 4.61. The van der Waals surface area contributed by atoms with Gasteiger partial charge in [-0.15, -0.1) is 0 Å². The van der Waals surface area contributed by atoms with E-state index in [0.717, 1.165) is 29.0 Å². The molecule has 1 aliphatic carbocycles. The van der Waals surface area contributed by atoms with E-state index >= 15 is 0 Å². The standard InChI is InChI=1S/C23H26N8OS/c1-23(2,3)20-27-21(33-29-20)28-22(32)31-11-13-7-16(8-14(13)12-31)30(4)18-15(9-24)10-26-19-17(18)5-6-25-19/h5-7,10,14,16H,8,11-12H2,1-4H3,(H,25,26)(H,27,28,29,32). The molecule has 9 nitrogen and oxygen atoms in total. The van der Waals surface area contributed by atoms with Crippen LogP contribution in [0.3, 0.4) is 0 Å². The Labute approximate surface area is 196 Å². The number of H-pyrrole nitrogens is 1. The van der Waals surface area contributed by atoms with Gasteiger partial charge in [-0.1, -0.05) is 26.8 Å². The Balaban J connectivity index is 1.29.